The summed E-state index contributed by atoms with van der Waals surface area (Å²) < 4.78 is 1.70. The molecule has 2 rings (SSSR count). The highest BCUT2D eigenvalue weighted by atomic mass is 16.6. The molecule has 1 aromatic carbocycles. The number of carbonyl (C=O) groups is 1. The van der Waals surface area contributed by atoms with Crippen molar-refractivity contribution in [3.05, 3.63) is 53.8 Å². The van der Waals surface area contributed by atoms with Crippen LogP contribution in [0.1, 0.15) is 44.4 Å². The number of hydrogen-bond donors (Lipinski definition) is 2. The van der Waals surface area contributed by atoms with Crippen LogP contribution in [0, 0.1) is 12.3 Å². The van der Waals surface area contributed by atoms with Gasteiger partial charge in [-0.2, -0.15) is 5.10 Å². The van der Waals surface area contributed by atoms with Gasteiger partial charge in [0.2, 0.25) is 5.76 Å². The van der Waals surface area contributed by atoms with Gasteiger partial charge >= 0.3 is 5.91 Å². The van der Waals surface area contributed by atoms with Crippen molar-refractivity contribution >= 4 is 18.2 Å². The summed E-state index contributed by atoms with van der Waals surface area (Å²) in [6.07, 6.45) is 7.05. The van der Waals surface area contributed by atoms with Crippen molar-refractivity contribution in [2.24, 2.45) is 16.4 Å². The van der Waals surface area contributed by atoms with Gasteiger partial charge in [-0.1, -0.05) is 55.8 Å². The maximum atomic E-state index is 12.0. The standard InChI is InChI=1S/C19H26N6O2/c1-14-6-5-7-15(8-14)9-17(18(26)24-20)27-23-11-16(10-19(2,3)4)25-13-21-12-22-25/h5-9,11-13,16H,10,20H2,1-4H3,(H,24,26)/b17-9?,23-11-. The number of oxime groups is 1. The zero-order chi connectivity index (χ0) is 19.9. The first kappa shape index (κ1) is 20.3. The van der Waals surface area contributed by atoms with Crippen LogP contribution in [0.25, 0.3) is 6.08 Å². The number of carbonyl (C=O) groups excluding carboxylic acids is 1. The summed E-state index contributed by atoms with van der Waals surface area (Å²) in [4.78, 5) is 21.3. The number of hydrogen-bond acceptors (Lipinski definition) is 6. The zero-order valence-corrected chi connectivity index (χ0v) is 16.1. The Hall–Kier alpha value is -3.00. The van der Waals surface area contributed by atoms with Gasteiger partial charge < -0.3 is 4.84 Å². The van der Waals surface area contributed by atoms with E-state index in [9.17, 15) is 4.79 Å². The largest absolute Gasteiger partial charge is 0.351 e. The summed E-state index contributed by atoms with van der Waals surface area (Å²) in [6, 6.07) is 7.49. The predicted molar refractivity (Wildman–Crippen MR) is 104 cm³/mol. The van der Waals surface area contributed by atoms with Crippen LogP contribution in [0.3, 0.4) is 0 Å². The van der Waals surface area contributed by atoms with E-state index in [-0.39, 0.29) is 17.2 Å². The second-order valence-corrected chi connectivity index (χ2v) is 7.45. The van der Waals surface area contributed by atoms with Crippen LogP contribution in [0.15, 0.2) is 47.8 Å². The van der Waals surface area contributed by atoms with Crippen molar-refractivity contribution < 1.29 is 9.63 Å². The topological polar surface area (TPSA) is 107 Å². The van der Waals surface area contributed by atoms with Crippen LogP contribution < -0.4 is 11.3 Å². The van der Waals surface area contributed by atoms with Crippen molar-refractivity contribution in [3.63, 3.8) is 0 Å². The Balaban J connectivity index is 2.20. The number of nitrogens with two attached hydrogens (primary N) is 1. The van der Waals surface area contributed by atoms with Gasteiger partial charge in [0.25, 0.3) is 0 Å². The lowest BCUT2D eigenvalue weighted by Gasteiger charge is -2.23. The molecule has 8 heteroatoms. The third kappa shape index (κ3) is 6.67. The number of hydrazine groups is 1. The number of rotatable bonds is 7. The Bertz CT molecular complexity index is 806. The summed E-state index contributed by atoms with van der Waals surface area (Å²) in [5, 5.41) is 8.17. The van der Waals surface area contributed by atoms with Crippen molar-refractivity contribution in [1.82, 2.24) is 20.2 Å². The predicted octanol–water partition coefficient (Wildman–Crippen LogP) is 2.60. The van der Waals surface area contributed by atoms with E-state index in [0.717, 1.165) is 17.5 Å². The molecular weight excluding hydrogens is 344 g/mol. The Morgan fingerprint density at radius 2 is 2.22 bits per heavy atom. The van der Waals surface area contributed by atoms with Gasteiger partial charge in [-0.3, -0.25) is 10.2 Å². The second kappa shape index (κ2) is 9.09. The number of aryl methyl sites for hydroxylation is 1. The average molecular weight is 370 g/mol. The van der Waals surface area contributed by atoms with Crippen molar-refractivity contribution in [2.45, 2.75) is 40.2 Å². The zero-order valence-electron chi connectivity index (χ0n) is 16.1. The molecule has 0 aliphatic rings. The van der Waals surface area contributed by atoms with Gasteiger partial charge in [0.05, 0.1) is 12.3 Å². The minimum Gasteiger partial charge on any atom is -0.351 e. The van der Waals surface area contributed by atoms with Crippen LogP contribution in [-0.2, 0) is 9.63 Å². The van der Waals surface area contributed by atoms with Gasteiger partial charge in [-0.15, -0.1) is 0 Å². The van der Waals surface area contributed by atoms with E-state index in [1.165, 1.54) is 6.33 Å². The van der Waals surface area contributed by atoms with Crippen molar-refractivity contribution in [3.8, 4) is 0 Å². The summed E-state index contributed by atoms with van der Waals surface area (Å²) >= 11 is 0. The molecule has 0 saturated heterocycles. The SMILES string of the molecule is Cc1cccc(C=C(O/N=C\C(CC(C)(C)C)n2cncn2)C(=O)NN)c1. The summed E-state index contributed by atoms with van der Waals surface area (Å²) in [5.74, 6) is 4.68. The molecule has 0 spiro atoms. The summed E-state index contributed by atoms with van der Waals surface area (Å²) in [5.41, 5.74) is 3.99. The highest BCUT2D eigenvalue weighted by Gasteiger charge is 2.20. The van der Waals surface area contributed by atoms with Crippen molar-refractivity contribution in [2.75, 3.05) is 0 Å². The first-order valence-electron chi connectivity index (χ1n) is 8.62. The lowest BCUT2D eigenvalue weighted by molar-refractivity contribution is -0.120. The van der Waals surface area contributed by atoms with E-state index in [1.54, 1.807) is 23.3 Å². The number of benzene rings is 1. The fourth-order valence-electron chi connectivity index (χ4n) is 2.50. The van der Waals surface area contributed by atoms with Gasteiger partial charge in [0, 0.05) is 0 Å². The minimum absolute atomic E-state index is 0.00699. The van der Waals surface area contributed by atoms with Crippen molar-refractivity contribution in [1.29, 1.82) is 0 Å². The number of nitrogens with zero attached hydrogens (tertiary/aromatic N) is 4. The van der Waals surface area contributed by atoms with E-state index >= 15 is 0 Å². The highest BCUT2D eigenvalue weighted by Crippen LogP contribution is 2.26. The molecule has 0 aliphatic carbocycles. The van der Waals surface area contributed by atoms with Gasteiger partial charge in [-0.05, 0) is 30.4 Å². The number of amides is 1. The molecule has 1 atom stereocenters. The molecule has 0 bridgehead atoms. The number of nitrogens with one attached hydrogen (secondary N) is 1. The molecule has 1 amide bonds. The van der Waals surface area contributed by atoms with Gasteiger partial charge in [0.15, 0.2) is 0 Å². The third-order valence-electron chi connectivity index (χ3n) is 3.68. The molecule has 8 nitrogen and oxygen atoms in total. The van der Waals surface area contributed by atoms with E-state index in [2.05, 4.69) is 41.4 Å². The highest BCUT2D eigenvalue weighted by molar-refractivity contribution is 5.95. The molecule has 1 unspecified atom stereocenters. The maximum Gasteiger partial charge on any atom is 0.303 e. The fourth-order valence-corrected chi connectivity index (χ4v) is 2.50. The van der Waals surface area contributed by atoms with Crippen LogP contribution in [0.4, 0.5) is 0 Å². The molecule has 0 saturated carbocycles. The molecule has 0 aliphatic heterocycles. The summed E-state index contributed by atoms with van der Waals surface area (Å²) in [6.45, 7) is 8.33. The van der Waals surface area contributed by atoms with Crippen LogP contribution in [-0.4, -0.2) is 26.9 Å². The Morgan fingerprint density at radius 3 is 2.81 bits per heavy atom. The average Bonchev–Trinajstić information content (AvgIpc) is 3.13. The second-order valence-electron chi connectivity index (χ2n) is 7.45. The molecule has 1 heterocycles. The van der Waals surface area contributed by atoms with Crippen LogP contribution in [0.5, 0.6) is 0 Å². The lowest BCUT2D eigenvalue weighted by Crippen LogP contribution is -2.31. The van der Waals surface area contributed by atoms with Gasteiger partial charge in [0.1, 0.15) is 12.7 Å². The third-order valence-corrected chi connectivity index (χ3v) is 3.68. The number of aromatic nitrogens is 3. The Kier molecular flexibility index (Phi) is 6.84. The Labute approximate surface area is 159 Å². The van der Waals surface area contributed by atoms with Crippen LogP contribution >= 0.6 is 0 Å². The maximum absolute atomic E-state index is 12.0. The smallest absolute Gasteiger partial charge is 0.303 e. The quantitative estimate of drug-likeness (QED) is 0.194. The first-order chi connectivity index (χ1) is 12.8. The van der Waals surface area contributed by atoms with E-state index in [0.29, 0.717) is 0 Å². The lowest BCUT2D eigenvalue weighted by atomic mass is 9.88. The first-order valence-corrected chi connectivity index (χ1v) is 8.62. The van der Waals surface area contributed by atoms with E-state index < -0.39 is 5.91 Å². The van der Waals surface area contributed by atoms with Gasteiger partial charge in [-0.25, -0.2) is 15.5 Å². The minimum atomic E-state index is -0.568. The van der Waals surface area contributed by atoms with E-state index in [4.69, 9.17) is 10.7 Å². The molecule has 144 valence electrons. The molecule has 2 aromatic rings. The molecule has 3 N–H and O–H groups in total. The molecule has 27 heavy (non-hydrogen) atoms. The molecular formula is C19H26N6O2. The van der Waals surface area contributed by atoms with E-state index in [1.807, 2.05) is 31.2 Å². The van der Waals surface area contributed by atoms with Crippen LogP contribution in [0.2, 0.25) is 0 Å². The summed E-state index contributed by atoms with van der Waals surface area (Å²) in [7, 11) is 0. The molecule has 0 fully saturated rings. The fraction of sp³-hybridized carbons (Fsp3) is 0.368. The monoisotopic (exact) mass is 370 g/mol. The normalized spacial score (nSPS) is 13.6. The Morgan fingerprint density at radius 1 is 1.44 bits per heavy atom. The molecule has 0 radical (unpaired) electrons. The molecule has 1 aromatic heterocycles.